The van der Waals surface area contributed by atoms with Crippen molar-refractivity contribution in [1.82, 2.24) is 4.98 Å². The Hall–Kier alpha value is -2.36. The van der Waals surface area contributed by atoms with Gasteiger partial charge in [0, 0.05) is 12.2 Å². The lowest BCUT2D eigenvalue weighted by Gasteiger charge is -2.17. The van der Waals surface area contributed by atoms with E-state index in [2.05, 4.69) is 41.5 Å². The number of aromatic nitrogens is 1. The molecule has 1 atom stereocenters. The van der Waals surface area contributed by atoms with Crippen LogP contribution in [0.4, 0.5) is 5.82 Å². The third kappa shape index (κ3) is 3.60. The Kier molecular flexibility index (Phi) is 4.93. The lowest BCUT2D eigenvalue weighted by atomic mass is 10.0. The molecule has 0 saturated carbocycles. The summed E-state index contributed by atoms with van der Waals surface area (Å²) < 4.78 is 4.78. The fourth-order valence-corrected chi connectivity index (χ4v) is 2.13. The number of rotatable bonds is 5. The molecule has 0 radical (unpaired) electrons. The maximum Gasteiger partial charge on any atom is 0.341 e. The molecule has 0 saturated heterocycles. The number of carbonyl (C=O) groups is 1. The Morgan fingerprint density at radius 1 is 1.29 bits per heavy atom. The second kappa shape index (κ2) is 6.88. The number of pyridine rings is 1. The molecule has 2 aromatic rings. The topological polar surface area (TPSA) is 51.2 Å². The number of esters is 1. The number of carbonyl (C=O) groups excluding carboxylic acids is 1. The van der Waals surface area contributed by atoms with Crippen LogP contribution in [0.1, 0.15) is 41.4 Å². The maximum atomic E-state index is 11.7. The van der Waals surface area contributed by atoms with Crippen molar-refractivity contribution in [2.75, 3.05) is 12.4 Å². The van der Waals surface area contributed by atoms with Crippen LogP contribution >= 0.6 is 0 Å². The van der Waals surface area contributed by atoms with Crippen molar-refractivity contribution in [3.8, 4) is 0 Å². The van der Waals surface area contributed by atoms with Gasteiger partial charge in [-0.15, -0.1) is 0 Å². The van der Waals surface area contributed by atoms with Gasteiger partial charge in [-0.2, -0.15) is 0 Å². The first-order valence-corrected chi connectivity index (χ1v) is 7.04. The van der Waals surface area contributed by atoms with Gasteiger partial charge in [-0.1, -0.05) is 31.2 Å². The quantitative estimate of drug-likeness (QED) is 0.852. The number of hydrogen-bond donors (Lipinski definition) is 1. The van der Waals surface area contributed by atoms with Crippen LogP contribution in [0.25, 0.3) is 0 Å². The maximum absolute atomic E-state index is 11.7. The van der Waals surface area contributed by atoms with Crippen molar-refractivity contribution in [2.45, 2.75) is 26.3 Å². The van der Waals surface area contributed by atoms with E-state index in [1.165, 1.54) is 12.7 Å². The monoisotopic (exact) mass is 284 g/mol. The molecule has 110 valence electrons. The molecule has 1 aromatic carbocycles. The summed E-state index contributed by atoms with van der Waals surface area (Å²) in [4.78, 5) is 16.0. The van der Waals surface area contributed by atoms with Crippen molar-refractivity contribution in [3.63, 3.8) is 0 Å². The molecule has 0 spiro atoms. The molecule has 0 bridgehead atoms. The summed E-state index contributed by atoms with van der Waals surface area (Å²) in [7, 11) is 1.37. The Labute approximate surface area is 125 Å². The number of methoxy groups -OCH3 is 1. The number of hydrogen-bond acceptors (Lipinski definition) is 4. The van der Waals surface area contributed by atoms with Crippen LogP contribution in [0.5, 0.6) is 0 Å². The van der Waals surface area contributed by atoms with E-state index < -0.39 is 0 Å². The van der Waals surface area contributed by atoms with E-state index in [1.807, 2.05) is 6.92 Å². The minimum Gasteiger partial charge on any atom is -0.465 e. The molecule has 2 rings (SSSR count). The van der Waals surface area contributed by atoms with Crippen LogP contribution in [-0.4, -0.2) is 18.1 Å². The molecular weight excluding hydrogens is 264 g/mol. The Bertz CT molecular complexity index is 608. The average molecular weight is 284 g/mol. The van der Waals surface area contributed by atoms with Crippen LogP contribution < -0.4 is 5.32 Å². The fraction of sp³-hybridized carbons (Fsp3) is 0.294. The third-order valence-electron chi connectivity index (χ3n) is 3.45. The smallest absolute Gasteiger partial charge is 0.341 e. The molecule has 0 aliphatic rings. The van der Waals surface area contributed by atoms with Crippen molar-refractivity contribution >= 4 is 11.8 Å². The normalized spacial score (nSPS) is 11.8. The summed E-state index contributed by atoms with van der Waals surface area (Å²) >= 11 is 0. The molecule has 4 nitrogen and oxygen atoms in total. The van der Waals surface area contributed by atoms with Gasteiger partial charge >= 0.3 is 5.97 Å². The average Bonchev–Trinajstić information content (AvgIpc) is 2.54. The predicted molar refractivity (Wildman–Crippen MR) is 83.4 cm³/mol. The third-order valence-corrected chi connectivity index (χ3v) is 3.45. The van der Waals surface area contributed by atoms with E-state index in [-0.39, 0.29) is 12.0 Å². The van der Waals surface area contributed by atoms with Crippen molar-refractivity contribution in [3.05, 3.63) is 59.3 Å². The summed E-state index contributed by atoms with van der Waals surface area (Å²) in [6, 6.07) is 11.9. The van der Waals surface area contributed by atoms with Gasteiger partial charge in [0.1, 0.15) is 11.4 Å². The highest BCUT2D eigenvalue weighted by molar-refractivity contribution is 5.94. The number of nitrogens with zero attached hydrogens (tertiary/aromatic N) is 1. The van der Waals surface area contributed by atoms with Gasteiger partial charge < -0.3 is 10.1 Å². The Balaban J connectivity index is 2.19. The Morgan fingerprint density at radius 3 is 2.62 bits per heavy atom. The van der Waals surface area contributed by atoms with Crippen molar-refractivity contribution in [2.24, 2.45) is 0 Å². The first-order valence-electron chi connectivity index (χ1n) is 7.04. The molecule has 0 aliphatic carbocycles. The number of benzene rings is 1. The molecule has 1 N–H and O–H groups in total. The molecule has 0 aliphatic heterocycles. The molecule has 0 amide bonds. The number of nitrogens with one attached hydrogen (secondary N) is 1. The summed E-state index contributed by atoms with van der Waals surface area (Å²) in [6.07, 6.45) is 2.68. The van der Waals surface area contributed by atoms with Crippen LogP contribution in [-0.2, 0) is 11.2 Å². The largest absolute Gasteiger partial charge is 0.465 e. The van der Waals surface area contributed by atoms with E-state index in [0.29, 0.717) is 11.4 Å². The number of ether oxygens (including phenoxy) is 1. The van der Waals surface area contributed by atoms with Gasteiger partial charge in [-0.3, -0.25) is 0 Å². The summed E-state index contributed by atoms with van der Waals surface area (Å²) in [5, 5.41) is 3.27. The van der Waals surface area contributed by atoms with Gasteiger partial charge in [-0.05, 0) is 36.6 Å². The zero-order chi connectivity index (χ0) is 15.2. The minimum atomic E-state index is -0.390. The van der Waals surface area contributed by atoms with E-state index in [1.54, 1.807) is 18.3 Å². The molecule has 1 unspecified atom stereocenters. The highest BCUT2D eigenvalue weighted by Gasteiger charge is 2.14. The van der Waals surface area contributed by atoms with Gasteiger partial charge in [-0.25, -0.2) is 9.78 Å². The zero-order valence-electron chi connectivity index (χ0n) is 12.6. The molecule has 21 heavy (non-hydrogen) atoms. The van der Waals surface area contributed by atoms with Crippen LogP contribution in [0.15, 0.2) is 42.6 Å². The molecule has 0 fully saturated rings. The second-order valence-corrected chi connectivity index (χ2v) is 4.85. The first kappa shape index (κ1) is 15.0. The van der Waals surface area contributed by atoms with Crippen LogP contribution in [0.2, 0.25) is 0 Å². The number of anilines is 1. The SMILES string of the molecule is CCc1ccc(C(C)Nc2ncccc2C(=O)OC)cc1. The predicted octanol–water partition coefficient (Wildman–Crippen LogP) is 3.60. The molecule has 1 aromatic heterocycles. The second-order valence-electron chi connectivity index (χ2n) is 4.85. The van der Waals surface area contributed by atoms with E-state index >= 15 is 0 Å². The molecule has 4 heteroatoms. The molecule has 1 heterocycles. The standard InChI is InChI=1S/C17H20N2O2/c1-4-13-7-9-14(10-8-13)12(2)19-16-15(17(20)21-3)6-5-11-18-16/h5-12H,4H2,1-3H3,(H,18,19). The highest BCUT2D eigenvalue weighted by atomic mass is 16.5. The van der Waals surface area contributed by atoms with Gasteiger partial charge in [0.15, 0.2) is 0 Å². The molecular formula is C17H20N2O2. The fourth-order valence-electron chi connectivity index (χ4n) is 2.13. The van der Waals surface area contributed by atoms with Crippen molar-refractivity contribution in [1.29, 1.82) is 0 Å². The minimum absolute atomic E-state index is 0.0502. The lowest BCUT2D eigenvalue weighted by molar-refractivity contribution is 0.0601. The first-order chi connectivity index (χ1) is 10.2. The van der Waals surface area contributed by atoms with E-state index in [9.17, 15) is 4.79 Å². The van der Waals surface area contributed by atoms with Crippen molar-refractivity contribution < 1.29 is 9.53 Å². The summed E-state index contributed by atoms with van der Waals surface area (Å²) in [5.41, 5.74) is 2.89. The van der Waals surface area contributed by atoms with Gasteiger partial charge in [0.05, 0.1) is 7.11 Å². The van der Waals surface area contributed by atoms with E-state index in [4.69, 9.17) is 4.74 Å². The summed E-state index contributed by atoms with van der Waals surface area (Å²) in [6.45, 7) is 4.17. The Morgan fingerprint density at radius 2 is 2.00 bits per heavy atom. The van der Waals surface area contributed by atoms with Gasteiger partial charge in [0.2, 0.25) is 0 Å². The summed E-state index contributed by atoms with van der Waals surface area (Å²) in [5.74, 6) is 0.149. The van der Waals surface area contributed by atoms with Crippen LogP contribution in [0.3, 0.4) is 0 Å². The van der Waals surface area contributed by atoms with E-state index in [0.717, 1.165) is 12.0 Å². The number of aryl methyl sites for hydroxylation is 1. The van der Waals surface area contributed by atoms with Gasteiger partial charge in [0.25, 0.3) is 0 Å². The highest BCUT2D eigenvalue weighted by Crippen LogP contribution is 2.21. The van der Waals surface area contributed by atoms with Crippen LogP contribution in [0, 0.1) is 0 Å². The zero-order valence-corrected chi connectivity index (χ0v) is 12.6. The lowest BCUT2D eigenvalue weighted by Crippen LogP contribution is -2.13.